The van der Waals surface area contributed by atoms with Gasteiger partial charge in [-0.2, -0.15) is 0 Å². The first kappa shape index (κ1) is 17.0. The van der Waals surface area contributed by atoms with Crippen molar-refractivity contribution >= 4 is 18.0 Å². The van der Waals surface area contributed by atoms with Crippen molar-refractivity contribution in [2.24, 2.45) is 10.7 Å². The Labute approximate surface area is 158 Å². The summed E-state index contributed by atoms with van der Waals surface area (Å²) >= 11 is 0. The van der Waals surface area contributed by atoms with Crippen molar-refractivity contribution in [1.82, 2.24) is 5.32 Å². The Bertz CT molecular complexity index is 987. The summed E-state index contributed by atoms with van der Waals surface area (Å²) in [5.74, 6) is 2.57. The zero-order valence-corrected chi connectivity index (χ0v) is 15.2. The molecular formula is C22H21N3O2. The number of hydrogen-bond donors (Lipinski definition) is 2. The van der Waals surface area contributed by atoms with Crippen LogP contribution in [0.15, 0.2) is 66.0 Å². The third-order valence-corrected chi connectivity index (χ3v) is 4.95. The largest absolute Gasteiger partial charge is 0.497 e. The lowest BCUT2D eigenvalue weighted by Crippen LogP contribution is -2.37. The van der Waals surface area contributed by atoms with E-state index in [2.05, 4.69) is 23.5 Å². The van der Waals surface area contributed by atoms with Gasteiger partial charge in [-0.25, -0.2) is 4.99 Å². The molecule has 27 heavy (non-hydrogen) atoms. The molecule has 0 fully saturated rings. The molecule has 2 heterocycles. The Kier molecular flexibility index (Phi) is 4.20. The smallest absolute Gasteiger partial charge is 0.202 e. The Morgan fingerprint density at radius 2 is 1.96 bits per heavy atom. The van der Waals surface area contributed by atoms with Crippen LogP contribution >= 0.6 is 0 Å². The molecule has 0 aliphatic carbocycles. The second-order valence-corrected chi connectivity index (χ2v) is 6.32. The van der Waals surface area contributed by atoms with Crippen LogP contribution in [0.4, 0.5) is 0 Å². The quantitative estimate of drug-likeness (QED) is 0.875. The van der Waals surface area contributed by atoms with Crippen LogP contribution in [0.3, 0.4) is 0 Å². The second-order valence-electron chi connectivity index (χ2n) is 6.32. The SMILES string of the molecule is C=Cc1ccc2c(c1C=C)C(c1ccc(OC)cc1)C1=C(NCN=C1N)O2. The molecule has 2 aliphatic heterocycles. The van der Waals surface area contributed by atoms with Crippen LogP contribution in [0.1, 0.15) is 28.2 Å². The van der Waals surface area contributed by atoms with E-state index in [0.717, 1.165) is 39.3 Å². The van der Waals surface area contributed by atoms with E-state index in [1.807, 2.05) is 48.6 Å². The first-order chi connectivity index (χ1) is 13.2. The van der Waals surface area contributed by atoms with Gasteiger partial charge >= 0.3 is 0 Å². The molecule has 0 bridgehead atoms. The third-order valence-electron chi connectivity index (χ3n) is 4.95. The number of amidine groups is 1. The van der Waals surface area contributed by atoms with E-state index < -0.39 is 0 Å². The summed E-state index contributed by atoms with van der Waals surface area (Å²) in [6, 6.07) is 11.9. The van der Waals surface area contributed by atoms with Gasteiger partial charge in [0.15, 0.2) is 0 Å². The van der Waals surface area contributed by atoms with E-state index in [-0.39, 0.29) is 5.92 Å². The van der Waals surface area contributed by atoms with Gasteiger partial charge in [0, 0.05) is 11.5 Å². The highest BCUT2D eigenvalue weighted by Crippen LogP contribution is 2.46. The Hall–Kier alpha value is -3.47. The standard InChI is InChI=1S/C22H21N3O2/c1-4-13-8-11-17-19(16(13)5-2)18(14-6-9-15(26-3)10-7-14)20-21(23)24-12-25-22(20)27-17/h4-11,18,25H,1-2,12H2,3H3,(H2,23,24). The lowest BCUT2D eigenvalue weighted by atomic mass is 9.79. The average molecular weight is 359 g/mol. The van der Waals surface area contributed by atoms with Gasteiger partial charge in [-0.3, -0.25) is 0 Å². The van der Waals surface area contributed by atoms with Crippen LogP contribution in [0.5, 0.6) is 11.5 Å². The van der Waals surface area contributed by atoms with Crippen molar-refractivity contribution in [3.05, 3.63) is 83.3 Å². The zero-order valence-electron chi connectivity index (χ0n) is 15.2. The number of nitrogens with zero attached hydrogens (tertiary/aromatic N) is 1. The highest BCUT2D eigenvalue weighted by atomic mass is 16.5. The van der Waals surface area contributed by atoms with Crippen LogP contribution in [0.25, 0.3) is 12.2 Å². The predicted octanol–water partition coefficient (Wildman–Crippen LogP) is 3.64. The van der Waals surface area contributed by atoms with Gasteiger partial charge < -0.3 is 20.5 Å². The lowest BCUT2D eigenvalue weighted by Gasteiger charge is -2.34. The topological polar surface area (TPSA) is 68.9 Å². The zero-order chi connectivity index (χ0) is 19.0. The van der Waals surface area contributed by atoms with Crippen LogP contribution in [-0.4, -0.2) is 19.6 Å². The molecule has 0 radical (unpaired) electrons. The van der Waals surface area contributed by atoms with Crippen molar-refractivity contribution in [1.29, 1.82) is 0 Å². The number of fused-ring (bicyclic) bond motifs is 1. The van der Waals surface area contributed by atoms with E-state index in [4.69, 9.17) is 15.2 Å². The van der Waals surface area contributed by atoms with Crippen molar-refractivity contribution in [2.75, 3.05) is 13.8 Å². The van der Waals surface area contributed by atoms with Crippen molar-refractivity contribution in [2.45, 2.75) is 5.92 Å². The number of aliphatic imine (C=N–C) groups is 1. The summed E-state index contributed by atoms with van der Waals surface area (Å²) < 4.78 is 11.5. The van der Waals surface area contributed by atoms with Crippen LogP contribution in [0, 0.1) is 0 Å². The Balaban J connectivity index is 1.99. The van der Waals surface area contributed by atoms with E-state index in [1.165, 1.54) is 0 Å². The predicted molar refractivity (Wildman–Crippen MR) is 109 cm³/mol. The monoisotopic (exact) mass is 359 g/mol. The lowest BCUT2D eigenvalue weighted by molar-refractivity contribution is 0.356. The van der Waals surface area contributed by atoms with Crippen LogP contribution < -0.4 is 20.5 Å². The van der Waals surface area contributed by atoms with Crippen molar-refractivity contribution in [3.8, 4) is 11.5 Å². The van der Waals surface area contributed by atoms with Gasteiger partial charge in [0.05, 0.1) is 12.7 Å². The molecule has 4 rings (SSSR count). The van der Waals surface area contributed by atoms with Crippen molar-refractivity contribution in [3.63, 3.8) is 0 Å². The minimum atomic E-state index is -0.140. The Morgan fingerprint density at radius 1 is 1.19 bits per heavy atom. The molecule has 0 amide bonds. The first-order valence-corrected chi connectivity index (χ1v) is 8.69. The molecule has 5 heteroatoms. The fraction of sp³-hybridized carbons (Fsp3) is 0.136. The summed E-state index contributed by atoms with van der Waals surface area (Å²) in [5, 5.41) is 3.20. The van der Waals surface area contributed by atoms with Gasteiger partial charge in [-0.1, -0.05) is 43.5 Å². The third kappa shape index (κ3) is 2.68. The molecular weight excluding hydrogens is 338 g/mol. The number of rotatable bonds is 4. The first-order valence-electron chi connectivity index (χ1n) is 8.69. The maximum absolute atomic E-state index is 6.29. The van der Waals surface area contributed by atoms with Gasteiger partial charge in [-0.05, 0) is 34.9 Å². The second kappa shape index (κ2) is 6.68. The molecule has 2 aromatic carbocycles. The van der Waals surface area contributed by atoms with E-state index >= 15 is 0 Å². The maximum Gasteiger partial charge on any atom is 0.202 e. The minimum Gasteiger partial charge on any atom is -0.497 e. The van der Waals surface area contributed by atoms with Gasteiger partial charge in [-0.15, -0.1) is 0 Å². The summed E-state index contributed by atoms with van der Waals surface area (Å²) in [5.41, 5.74) is 11.2. The molecule has 136 valence electrons. The minimum absolute atomic E-state index is 0.140. The van der Waals surface area contributed by atoms with Crippen molar-refractivity contribution < 1.29 is 9.47 Å². The molecule has 0 aromatic heterocycles. The molecule has 1 unspecified atom stereocenters. The van der Waals surface area contributed by atoms with Gasteiger partial charge in [0.1, 0.15) is 24.0 Å². The van der Waals surface area contributed by atoms with E-state index in [0.29, 0.717) is 18.4 Å². The molecule has 0 saturated carbocycles. The molecule has 2 aromatic rings. The fourth-order valence-electron chi connectivity index (χ4n) is 3.67. The van der Waals surface area contributed by atoms with E-state index in [9.17, 15) is 0 Å². The highest BCUT2D eigenvalue weighted by Gasteiger charge is 2.36. The summed E-state index contributed by atoms with van der Waals surface area (Å²) in [4.78, 5) is 4.37. The highest BCUT2D eigenvalue weighted by molar-refractivity contribution is 6.01. The number of ether oxygens (including phenoxy) is 2. The average Bonchev–Trinajstić information content (AvgIpc) is 2.71. The molecule has 0 spiro atoms. The summed E-state index contributed by atoms with van der Waals surface area (Å²) in [6.45, 7) is 8.33. The molecule has 3 N–H and O–H groups in total. The number of methoxy groups -OCH3 is 1. The molecule has 5 nitrogen and oxygen atoms in total. The molecule has 2 aliphatic rings. The Morgan fingerprint density at radius 3 is 2.63 bits per heavy atom. The van der Waals surface area contributed by atoms with E-state index in [1.54, 1.807) is 7.11 Å². The molecule has 0 saturated heterocycles. The summed E-state index contributed by atoms with van der Waals surface area (Å²) in [7, 11) is 1.65. The van der Waals surface area contributed by atoms with Crippen LogP contribution in [-0.2, 0) is 0 Å². The summed E-state index contributed by atoms with van der Waals surface area (Å²) in [6.07, 6.45) is 3.66. The number of hydrogen-bond acceptors (Lipinski definition) is 5. The maximum atomic E-state index is 6.29. The normalized spacial score (nSPS) is 17.7. The fourth-order valence-corrected chi connectivity index (χ4v) is 3.67. The van der Waals surface area contributed by atoms with Crippen LogP contribution in [0.2, 0.25) is 0 Å². The number of nitrogens with two attached hydrogens (primary N) is 1. The van der Waals surface area contributed by atoms with Gasteiger partial charge in [0.2, 0.25) is 5.88 Å². The molecule has 1 atom stereocenters. The van der Waals surface area contributed by atoms with Gasteiger partial charge in [0.25, 0.3) is 0 Å². The number of benzene rings is 2. The number of nitrogens with one attached hydrogen (secondary N) is 1.